The van der Waals surface area contributed by atoms with Crippen LogP contribution in [-0.2, 0) is 6.54 Å². The van der Waals surface area contributed by atoms with Gasteiger partial charge in [-0.25, -0.2) is 4.98 Å². The summed E-state index contributed by atoms with van der Waals surface area (Å²) in [6.45, 7) is 6.44. The van der Waals surface area contributed by atoms with E-state index in [2.05, 4.69) is 17.2 Å². The molecule has 1 heterocycles. The quantitative estimate of drug-likeness (QED) is 0.942. The van der Waals surface area contributed by atoms with Crippen LogP contribution in [0.25, 0.3) is 11.0 Å². The largest absolute Gasteiger partial charge is 0.349 e. The molecule has 5 nitrogen and oxygen atoms in total. The second-order valence-electron chi connectivity index (χ2n) is 6.79. The Bertz CT molecular complexity index is 825. The van der Waals surface area contributed by atoms with Crippen LogP contribution in [0.15, 0.2) is 23.0 Å². The first kappa shape index (κ1) is 16.7. The van der Waals surface area contributed by atoms with Crippen molar-refractivity contribution in [1.82, 2.24) is 14.9 Å². The Morgan fingerprint density at radius 3 is 2.79 bits per heavy atom. The SMILES string of the molecule is CCn1c(=O)c(C)nc2cc(C(=O)NC3CCCCC3C)ccc21. The number of hydrogen-bond acceptors (Lipinski definition) is 3. The molecule has 0 spiro atoms. The molecule has 1 aromatic heterocycles. The van der Waals surface area contributed by atoms with Crippen LogP contribution in [-0.4, -0.2) is 21.5 Å². The lowest BCUT2D eigenvalue weighted by atomic mass is 9.86. The summed E-state index contributed by atoms with van der Waals surface area (Å²) in [4.78, 5) is 29.1. The number of aryl methyl sites for hydroxylation is 2. The molecule has 0 saturated heterocycles. The first-order valence-corrected chi connectivity index (χ1v) is 8.83. The zero-order valence-electron chi connectivity index (χ0n) is 14.6. The summed E-state index contributed by atoms with van der Waals surface area (Å²) in [5.74, 6) is 0.471. The van der Waals surface area contributed by atoms with Gasteiger partial charge in [-0.05, 0) is 50.8 Å². The molecule has 1 N–H and O–H groups in total. The zero-order valence-corrected chi connectivity index (χ0v) is 14.6. The third kappa shape index (κ3) is 3.07. The first-order chi connectivity index (χ1) is 11.5. The number of carbonyl (C=O) groups excluding carboxylic acids is 1. The monoisotopic (exact) mass is 327 g/mol. The van der Waals surface area contributed by atoms with Gasteiger partial charge in [-0.15, -0.1) is 0 Å². The van der Waals surface area contributed by atoms with Gasteiger partial charge in [-0.3, -0.25) is 9.59 Å². The van der Waals surface area contributed by atoms with Gasteiger partial charge in [0.25, 0.3) is 11.5 Å². The molecule has 5 heteroatoms. The molecule has 2 atom stereocenters. The first-order valence-electron chi connectivity index (χ1n) is 8.83. The van der Waals surface area contributed by atoms with Crippen LogP contribution in [0.4, 0.5) is 0 Å². The van der Waals surface area contributed by atoms with Gasteiger partial charge in [0.2, 0.25) is 0 Å². The van der Waals surface area contributed by atoms with Crippen LogP contribution in [0, 0.1) is 12.8 Å². The molecule has 0 radical (unpaired) electrons. The molecular formula is C19H25N3O2. The molecule has 2 unspecified atom stereocenters. The summed E-state index contributed by atoms with van der Waals surface area (Å²) in [5, 5.41) is 3.17. The van der Waals surface area contributed by atoms with E-state index >= 15 is 0 Å². The number of carbonyl (C=O) groups is 1. The second-order valence-corrected chi connectivity index (χ2v) is 6.79. The molecule has 3 rings (SSSR count). The lowest BCUT2D eigenvalue weighted by Crippen LogP contribution is -2.41. The molecule has 24 heavy (non-hydrogen) atoms. The number of fused-ring (bicyclic) bond motifs is 1. The number of nitrogens with zero attached hydrogens (tertiary/aromatic N) is 2. The Labute approximate surface area is 142 Å². The summed E-state index contributed by atoms with van der Waals surface area (Å²) < 4.78 is 1.70. The van der Waals surface area contributed by atoms with E-state index < -0.39 is 0 Å². The van der Waals surface area contributed by atoms with Crippen molar-refractivity contribution in [3.63, 3.8) is 0 Å². The van der Waals surface area contributed by atoms with Crippen molar-refractivity contribution < 1.29 is 4.79 Å². The topological polar surface area (TPSA) is 64.0 Å². The lowest BCUT2D eigenvalue weighted by Gasteiger charge is -2.29. The van der Waals surface area contributed by atoms with Crippen LogP contribution in [0.5, 0.6) is 0 Å². The van der Waals surface area contributed by atoms with Crippen LogP contribution in [0.1, 0.15) is 55.6 Å². The molecule has 1 aliphatic carbocycles. The average molecular weight is 327 g/mol. The van der Waals surface area contributed by atoms with E-state index in [4.69, 9.17) is 0 Å². The minimum absolute atomic E-state index is 0.0515. The standard InChI is InChI=1S/C19H25N3O2/c1-4-22-17-10-9-14(11-16(17)20-13(3)19(22)24)18(23)21-15-8-6-5-7-12(15)2/h9-12,15H,4-8H2,1-3H3,(H,21,23). The summed E-state index contributed by atoms with van der Waals surface area (Å²) >= 11 is 0. The van der Waals surface area contributed by atoms with E-state index in [1.165, 1.54) is 19.3 Å². The van der Waals surface area contributed by atoms with E-state index in [0.717, 1.165) is 11.9 Å². The number of nitrogens with one attached hydrogen (secondary N) is 1. The van der Waals surface area contributed by atoms with Gasteiger partial charge in [0.15, 0.2) is 0 Å². The van der Waals surface area contributed by atoms with Crippen molar-refractivity contribution in [2.24, 2.45) is 5.92 Å². The Balaban J connectivity index is 1.91. The fourth-order valence-corrected chi connectivity index (χ4v) is 3.61. The molecule has 1 amide bonds. The smallest absolute Gasteiger partial charge is 0.272 e. The highest BCUT2D eigenvalue weighted by atomic mass is 16.1. The van der Waals surface area contributed by atoms with Crippen molar-refractivity contribution in [1.29, 1.82) is 0 Å². The van der Waals surface area contributed by atoms with Gasteiger partial charge in [0, 0.05) is 18.2 Å². The van der Waals surface area contributed by atoms with E-state index in [0.29, 0.717) is 29.2 Å². The second kappa shape index (κ2) is 6.75. The minimum atomic E-state index is -0.0711. The predicted octanol–water partition coefficient (Wildman–Crippen LogP) is 3.03. The molecule has 0 aliphatic heterocycles. The van der Waals surface area contributed by atoms with Crippen molar-refractivity contribution in [3.05, 3.63) is 39.8 Å². The summed E-state index contributed by atoms with van der Waals surface area (Å²) in [6, 6.07) is 5.65. The minimum Gasteiger partial charge on any atom is -0.349 e. The van der Waals surface area contributed by atoms with Gasteiger partial charge in [-0.2, -0.15) is 0 Å². The molecule has 0 bridgehead atoms. The highest BCUT2D eigenvalue weighted by Crippen LogP contribution is 2.24. The highest BCUT2D eigenvalue weighted by molar-refractivity contribution is 5.97. The molecule has 128 valence electrons. The average Bonchev–Trinajstić information content (AvgIpc) is 2.57. The van der Waals surface area contributed by atoms with Crippen molar-refractivity contribution in [3.8, 4) is 0 Å². The number of amides is 1. The van der Waals surface area contributed by atoms with Gasteiger partial charge in [-0.1, -0.05) is 19.8 Å². The number of benzene rings is 1. The summed E-state index contributed by atoms with van der Waals surface area (Å²) in [5.41, 5.74) is 2.46. The molecule has 1 fully saturated rings. The normalized spacial score (nSPS) is 21.0. The maximum Gasteiger partial charge on any atom is 0.272 e. The molecule has 1 saturated carbocycles. The zero-order chi connectivity index (χ0) is 17.3. The number of rotatable bonds is 3. The Morgan fingerprint density at radius 2 is 2.08 bits per heavy atom. The van der Waals surface area contributed by atoms with E-state index in [1.54, 1.807) is 23.6 Å². The molecular weight excluding hydrogens is 302 g/mol. The Morgan fingerprint density at radius 1 is 1.33 bits per heavy atom. The van der Waals surface area contributed by atoms with Crippen LogP contribution in [0.2, 0.25) is 0 Å². The van der Waals surface area contributed by atoms with Gasteiger partial charge < -0.3 is 9.88 Å². The highest BCUT2D eigenvalue weighted by Gasteiger charge is 2.23. The maximum atomic E-state index is 12.6. The van der Waals surface area contributed by atoms with E-state index in [1.807, 2.05) is 13.0 Å². The van der Waals surface area contributed by atoms with Crippen LogP contribution < -0.4 is 10.9 Å². The molecule has 1 aliphatic rings. The maximum absolute atomic E-state index is 12.6. The van der Waals surface area contributed by atoms with Crippen LogP contribution >= 0.6 is 0 Å². The molecule has 2 aromatic rings. The lowest BCUT2D eigenvalue weighted by molar-refractivity contribution is 0.0910. The van der Waals surface area contributed by atoms with Crippen LogP contribution in [0.3, 0.4) is 0 Å². The predicted molar refractivity (Wildman–Crippen MR) is 95.3 cm³/mol. The van der Waals surface area contributed by atoms with E-state index in [9.17, 15) is 9.59 Å². The Hall–Kier alpha value is -2.17. The fourth-order valence-electron chi connectivity index (χ4n) is 3.61. The molecule has 1 aromatic carbocycles. The van der Waals surface area contributed by atoms with Crippen molar-refractivity contribution in [2.75, 3.05) is 0 Å². The fraction of sp³-hybridized carbons (Fsp3) is 0.526. The Kier molecular flexibility index (Phi) is 4.69. The summed E-state index contributed by atoms with van der Waals surface area (Å²) in [7, 11) is 0. The van der Waals surface area contributed by atoms with Gasteiger partial charge in [0.05, 0.1) is 11.0 Å². The van der Waals surface area contributed by atoms with Gasteiger partial charge >= 0.3 is 0 Å². The number of hydrogen-bond donors (Lipinski definition) is 1. The van der Waals surface area contributed by atoms with Gasteiger partial charge in [0.1, 0.15) is 5.69 Å². The third-order valence-corrected chi connectivity index (χ3v) is 5.12. The number of aromatic nitrogens is 2. The van der Waals surface area contributed by atoms with Crippen molar-refractivity contribution in [2.45, 2.75) is 59.0 Å². The summed E-state index contributed by atoms with van der Waals surface area (Å²) in [6.07, 6.45) is 4.65. The van der Waals surface area contributed by atoms with Crippen molar-refractivity contribution >= 4 is 16.9 Å². The third-order valence-electron chi connectivity index (χ3n) is 5.12. The van der Waals surface area contributed by atoms with E-state index in [-0.39, 0.29) is 17.5 Å².